The second-order valence-corrected chi connectivity index (χ2v) is 4.92. The van der Waals surface area contributed by atoms with Crippen molar-refractivity contribution in [2.45, 2.75) is 0 Å². The summed E-state index contributed by atoms with van der Waals surface area (Å²) in [5, 5.41) is 32.5. The van der Waals surface area contributed by atoms with Crippen LogP contribution in [-0.4, -0.2) is 28.2 Å². The van der Waals surface area contributed by atoms with Gasteiger partial charge in [-0.05, 0) is 0 Å². The summed E-state index contributed by atoms with van der Waals surface area (Å²) in [5.74, 6) is 5.18. The van der Waals surface area contributed by atoms with Gasteiger partial charge >= 0.3 is 0 Å². The van der Waals surface area contributed by atoms with Crippen molar-refractivity contribution in [3.05, 3.63) is 79.9 Å². The van der Waals surface area contributed by atoms with E-state index in [2.05, 4.69) is 26.2 Å². The number of rotatable bonds is 6. The molecule has 138 valence electrons. The van der Waals surface area contributed by atoms with Crippen molar-refractivity contribution in [3.63, 3.8) is 0 Å². The Morgan fingerprint density at radius 3 is 1.70 bits per heavy atom. The molecule has 0 aliphatic heterocycles. The smallest absolute Gasteiger partial charge is 0.270 e. The Morgan fingerprint density at radius 1 is 0.889 bits per heavy atom. The largest absolute Gasteiger partial charge is 0.320 e. The standard InChI is InChI=1S/C15H14N8O4/c16-19-15(20-17-9-11-3-1-5-13(7-11)22(24)25)21-18-10-12-4-2-6-14(8-12)23(26)27/h1-10H,16H2,(H2,19,20,21). The summed E-state index contributed by atoms with van der Waals surface area (Å²) in [6.45, 7) is 0. The van der Waals surface area contributed by atoms with Gasteiger partial charge in [0.2, 0.25) is 0 Å². The van der Waals surface area contributed by atoms with E-state index in [1.165, 1.54) is 48.8 Å². The van der Waals surface area contributed by atoms with Crippen molar-refractivity contribution >= 4 is 29.8 Å². The zero-order valence-corrected chi connectivity index (χ0v) is 13.7. The number of nitro benzene ring substituents is 2. The van der Waals surface area contributed by atoms with Crippen LogP contribution in [0, 0.1) is 20.2 Å². The van der Waals surface area contributed by atoms with Crippen LogP contribution in [0.15, 0.2) is 63.8 Å². The minimum atomic E-state index is -0.512. The zero-order valence-electron chi connectivity index (χ0n) is 13.7. The highest BCUT2D eigenvalue weighted by molar-refractivity contribution is 5.86. The number of hydrogen-bond acceptors (Lipinski definition) is 8. The summed E-state index contributed by atoms with van der Waals surface area (Å²) in [4.78, 5) is 20.4. The molecule has 0 fully saturated rings. The van der Waals surface area contributed by atoms with Crippen LogP contribution in [0.4, 0.5) is 11.4 Å². The molecule has 2 aromatic rings. The normalized spacial score (nSPS) is 10.7. The lowest BCUT2D eigenvalue weighted by atomic mass is 10.2. The summed E-state index contributed by atoms with van der Waals surface area (Å²) in [7, 11) is 0. The molecule has 0 amide bonds. The van der Waals surface area contributed by atoms with Crippen LogP contribution in [0.5, 0.6) is 0 Å². The van der Waals surface area contributed by atoms with E-state index in [-0.39, 0.29) is 17.3 Å². The van der Waals surface area contributed by atoms with E-state index in [0.717, 1.165) is 0 Å². The van der Waals surface area contributed by atoms with Crippen molar-refractivity contribution < 1.29 is 9.85 Å². The first-order valence-electron chi connectivity index (χ1n) is 7.34. The summed E-state index contributed by atoms with van der Waals surface area (Å²) >= 11 is 0. The van der Waals surface area contributed by atoms with Crippen molar-refractivity contribution in [3.8, 4) is 0 Å². The van der Waals surface area contributed by atoms with Crippen LogP contribution in [0.1, 0.15) is 11.1 Å². The summed E-state index contributed by atoms with van der Waals surface area (Å²) < 4.78 is 0. The van der Waals surface area contributed by atoms with Crippen molar-refractivity contribution in [1.82, 2.24) is 10.9 Å². The van der Waals surface area contributed by atoms with Gasteiger partial charge in [0.1, 0.15) is 0 Å². The molecule has 0 bridgehead atoms. The average Bonchev–Trinajstić information content (AvgIpc) is 2.67. The van der Waals surface area contributed by atoms with Crippen LogP contribution >= 0.6 is 0 Å². The lowest BCUT2D eigenvalue weighted by Gasteiger charge is -2.02. The fourth-order valence-electron chi connectivity index (χ4n) is 1.86. The van der Waals surface area contributed by atoms with Crippen molar-refractivity contribution in [2.24, 2.45) is 21.1 Å². The van der Waals surface area contributed by atoms with E-state index in [9.17, 15) is 20.2 Å². The predicted molar refractivity (Wildman–Crippen MR) is 99.3 cm³/mol. The maximum Gasteiger partial charge on any atom is 0.270 e. The molecule has 0 atom stereocenters. The van der Waals surface area contributed by atoms with Crippen LogP contribution in [0.25, 0.3) is 0 Å². The summed E-state index contributed by atoms with van der Waals surface area (Å²) in [6, 6.07) is 11.7. The Kier molecular flexibility index (Phi) is 6.48. The predicted octanol–water partition coefficient (Wildman–Crippen LogP) is 1.28. The molecule has 2 rings (SSSR count). The molecule has 0 saturated carbocycles. The van der Waals surface area contributed by atoms with Crippen LogP contribution < -0.4 is 16.7 Å². The quantitative estimate of drug-likeness (QED) is 0.226. The van der Waals surface area contributed by atoms with Gasteiger partial charge in [-0.3, -0.25) is 20.2 Å². The first kappa shape index (κ1) is 19.0. The second kappa shape index (κ2) is 9.22. The first-order chi connectivity index (χ1) is 13.0. The highest BCUT2D eigenvalue weighted by Gasteiger charge is 2.05. The number of non-ortho nitro benzene ring substituents is 2. The van der Waals surface area contributed by atoms with Gasteiger partial charge in [-0.2, -0.15) is 10.2 Å². The van der Waals surface area contributed by atoms with E-state index in [1.807, 2.05) is 0 Å². The maximum atomic E-state index is 10.7. The summed E-state index contributed by atoms with van der Waals surface area (Å²) in [6.07, 6.45) is 2.67. The highest BCUT2D eigenvalue weighted by atomic mass is 16.6. The molecule has 0 aliphatic carbocycles. The van der Waals surface area contributed by atoms with E-state index >= 15 is 0 Å². The van der Waals surface area contributed by atoms with Gasteiger partial charge in [0, 0.05) is 35.4 Å². The van der Waals surface area contributed by atoms with Crippen molar-refractivity contribution in [1.29, 1.82) is 0 Å². The topological polar surface area (TPSA) is 173 Å². The van der Waals surface area contributed by atoms with Gasteiger partial charge in [0.05, 0.1) is 22.3 Å². The van der Waals surface area contributed by atoms with Gasteiger partial charge in [0.25, 0.3) is 17.3 Å². The minimum Gasteiger partial charge on any atom is -0.320 e. The number of nitrogens with zero attached hydrogens (tertiary/aromatic N) is 5. The van der Waals surface area contributed by atoms with E-state index in [1.54, 1.807) is 12.1 Å². The molecule has 0 heterocycles. The molecule has 2 aromatic carbocycles. The monoisotopic (exact) mass is 370 g/mol. The molecule has 0 saturated heterocycles. The lowest BCUT2D eigenvalue weighted by Crippen LogP contribution is -2.31. The molecular formula is C15H14N8O4. The Labute approximate surface area is 152 Å². The van der Waals surface area contributed by atoms with Gasteiger partial charge in [-0.25, -0.2) is 10.9 Å². The Morgan fingerprint density at radius 2 is 1.33 bits per heavy atom. The molecule has 0 spiro atoms. The second-order valence-electron chi connectivity index (χ2n) is 4.92. The number of nitrogens with one attached hydrogen (secondary N) is 2. The van der Waals surface area contributed by atoms with Gasteiger partial charge in [0.15, 0.2) is 0 Å². The first-order valence-corrected chi connectivity index (χ1v) is 7.34. The Balaban J connectivity index is 1.94. The zero-order chi connectivity index (χ0) is 19.6. The third-order valence-electron chi connectivity index (χ3n) is 3.06. The number of hydrogen-bond donors (Lipinski definition) is 3. The number of guanidine groups is 1. The van der Waals surface area contributed by atoms with Crippen LogP contribution in [0.3, 0.4) is 0 Å². The van der Waals surface area contributed by atoms with E-state index in [0.29, 0.717) is 11.1 Å². The average molecular weight is 370 g/mol. The third kappa shape index (κ3) is 5.90. The van der Waals surface area contributed by atoms with Gasteiger partial charge in [-0.15, -0.1) is 5.10 Å². The number of nitro groups is 2. The minimum absolute atomic E-state index is 0.0154. The molecule has 0 aliphatic rings. The van der Waals surface area contributed by atoms with Crippen LogP contribution in [-0.2, 0) is 0 Å². The molecule has 12 heteroatoms. The summed E-state index contributed by atoms with van der Waals surface area (Å²) in [5.41, 5.74) is 5.81. The molecule has 0 aromatic heterocycles. The molecule has 0 unspecified atom stereocenters. The molecule has 12 nitrogen and oxygen atoms in total. The Hall–Kier alpha value is -4.35. The van der Waals surface area contributed by atoms with Crippen molar-refractivity contribution in [2.75, 3.05) is 0 Å². The number of nitrogens with two attached hydrogens (primary N) is 1. The molecule has 27 heavy (non-hydrogen) atoms. The lowest BCUT2D eigenvalue weighted by molar-refractivity contribution is -0.385. The maximum absolute atomic E-state index is 10.7. The van der Waals surface area contributed by atoms with E-state index < -0.39 is 9.85 Å². The SMILES string of the molecule is NN=C(NN=Cc1cccc([N+](=O)[O-])c1)NN=Cc1cccc([N+](=O)[O-])c1. The fourth-order valence-corrected chi connectivity index (χ4v) is 1.86. The van der Waals surface area contributed by atoms with Crippen LogP contribution in [0.2, 0.25) is 0 Å². The number of hydrazone groups is 3. The molecule has 4 N–H and O–H groups in total. The van der Waals surface area contributed by atoms with Gasteiger partial charge < -0.3 is 5.84 Å². The Bertz CT molecular complexity index is 854. The van der Waals surface area contributed by atoms with Gasteiger partial charge in [-0.1, -0.05) is 24.3 Å². The fraction of sp³-hybridized carbons (Fsp3) is 0. The van der Waals surface area contributed by atoms with E-state index in [4.69, 9.17) is 5.84 Å². The number of benzene rings is 2. The molecule has 0 radical (unpaired) electrons. The third-order valence-corrected chi connectivity index (χ3v) is 3.06. The molecular weight excluding hydrogens is 356 g/mol. The highest BCUT2D eigenvalue weighted by Crippen LogP contribution is 2.12.